The number of anilines is 1. The van der Waals surface area contributed by atoms with Crippen molar-refractivity contribution in [1.29, 1.82) is 0 Å². The van der Waals surface area contributed by atoms with E-state index < -0.39 is 65.9 Å². The van der Waals surface area contributed by atoms with Crippen molar-refractivity contribution >= 4 is 17.5 Å². The second-order valence-corrected chi connectivity index (χ2v) is 7.02. The van der Waals surface area contributed by atoms with E-state index in [1.807, 2.05) is 0 Å². The molecule has 1 saturated heterocycles. The molecule has 0 saturated carbocycles. The lowest BCUT2D eigenvalue weighted by Crippen LogP contribution is -2.42. The summed E-state index contributed by atoms with van der Waals surface area (Å²) in [5, 5.41) is 2.35. The predicted octanol–water partition coefficient (Wildman–Crippen LogP) is 4.48. The van der Waals surface area contributed by atoms with Crippen molar-refractivity contribution in [3.63, 3.8) is 0 Å². The molecule has 30 heavy (non-hydrogen) atoms. The number of rotatable bonds is 4. The summed E-state index contributed by atoms with van der Waals surface area (Å²) in [6, 6.07) is 5.65. The Morgan fingerprint density at radius 3 is 2.33 bits per heavy atom. The first-order chi connectivity index (χ1) is 13.9. The molecule has 0 bridgehead atoms. The van der Waals surface area contributed by atoms with E-state index in [2.05, 4.69) is 5.32 Å². The maximum atomic E-state index is 14.6. The number of halogens is 6. The lowest BCUT2D eigenvalue weighted by molar-refractivity contribution is -0.159. The number of likely N-dealkylation sites (tertiary alicyclic amines) is 1. The predicted molar refractivity (Wildman–Crippen MR) is 95.5 cm³/mol. The number of amides is 2. The van der Waals surface area contributed by atoms with Gasteiger partial charge in [0, 0.05) is 24.2 Å². The molecule has 1 N–H and O–H groups in total. The van der Waals surface area contributed by atoms with E-state index in [0.717, 1.165) is 12.1 Å². The Kier molecular flexibility index (Phi) is 5.53. The van der Waals surface area contributed by atoms with Gasteiger partial charge in [-0.05, 0) is 48.9 Å². The van der Waals surface area contributed by atoms with Crippen LogP contribution in [0.5, 0.6) is 0 Å². The largest absolute Gasteiger partial charge is 0.352 e. The monoisotopic (exact) mass is 430 g/mol. The van der Waals surface area contributed by atoms with E-state index in [1.165, 1.54) is 19.1 Å². The average molecular weight is 430 g/mol. The number of hydrogen-bond donors (Lipinski definition) is 1. The molecular weight excluding hydrogens is 414 g/mol. The van der Waals surface area contributed by atoms with Crippen LogP contribution in [0.25, 0.3) is 0 Å². The normalized spacial score (nSPS) is 15.9. The highest BCUT2D eigenvalue weighted by molar-refractivity contribution is 6.04. The SMILES string of the molecule is Cc1cc(NC(=O)c2ccc(F)c(C(F)(F)C(=O)N3CCC(F)(F)C3)c2)ccc1F. The van der Waals surface area contributed by atoms with Gasteiger partial charge in [0.1, 0.15) is 11.6 Å². The number of nitrogens with zero attached hydrogens (tertiary/aromatic N) is 1. The minimum absolute atomic E-state index is 0.173. The molecule has 0 radical (unpaired) electrons. The first-order valence-corrected chi connectivity index (χ1v) is 8.83. The van der Waals surface area contributed by atoms with Gasteiger partial charge in [0.05, 0.1) is 12.1 Å². The molecule has 2 amide bonds. The summed E-state index contributed by atoms with van der Waals surface area (Å²) in [6.45, 7) is -0.324. The number of benzene rings is 2. The van der Waals surface area contributed by atoms with Gasteiger partial charge in [0.25, 0.3) is 17.7 Å². The molecule has 2 aromatic carbocycles. The molecule has 10 heteroatoms. The molecule has 0 aromatic heterocycles. The molecule has 1 aliphatic heterocycles. The summed E-state index contributed by atoms with van der Waals surface area (Å²) in [5.41, 5.74) is -1.39. The lowest BCUT2D eigenvalue weighted by atomic mass is 10.0. The summed E-state index contributed by atoms with van der Waals surface area (Å²) in [6.07, 6.45) is -0.767. The zero-order chi connectivity index (χ0) is 22.3. The first kappa shape index (κ1) is 21.7. The van der Waals surface area contributed by atoms with Crippen LogP contribution in [0, 0.1) is 18.6 Å². The standard InChI is InChI=1S/C20H16F6N2O2/c1-11-8-13(3-5-15(11)21)27-17(29)12-2-4-16(22)14(9-12)20(25,26)18(30)28-7-6-19(23,24)10-28/h2-5,8-9H,6-7,10H2,1H3,(H,27,29). The van der Waals surface area contributed by atoms with E-state index in [0.29, 0.717) is 12.1 Å². The molecule has 2 aromatic rings. The molecule has 160 valence electrons. The van der Waals surface area contributed by atoms with Crippen LogP contribution in [0.4, 0.5) is 32.0 Å². The highest BCUT2D eigenvalue weighted by atomic mass is 19.3. The number of carbonyl (C=O) groups excluding carboxylic acids is 2. The van der Waals surface area contributed by atoms with E-state index in [1.54, 1.807) is 0 Å². The van der Waals surface area contributed by atoms with Gasteiger partial charge in [-0.15, -0.1) is 0 Å². The fourth-order valence-electron chi connectivity index (χ4n) is 3.06. The third-order valence-electron chi connectivity index (χ3n) is 4.71. The van der Waals surface area contributed by atoms with Crippen LogP contribution < -0.4 is 5.32 Å². The van der Waals surface area contributed by atoms with Crippen LogP contribution in [0.15, 0.2) is 36.4 Å². The highest BCUT2D eigenvalue weighted by Gasteiger charge is 2.51. The van der Waals surface area contributed by atoms with E-state index in [9.17, 15) is 35.9 Å². The molecule has 1 fully saturated rings. The molecule has 1 aliphatic rings. The number of nitrogens with one attached hydrogen (secondary N) is 1. The van der Waals surface area contributed by atoms with Gasteiger partial charge < -0.3 is 10.2 Å². The van der Waals surface area contributed by atoms with Gasteiger partial charge in [0.15, 0.2) is 0 Å². The van der Waals surface area contributed by atoms with E-state index in [4.69, 9.17) is 0 Å². The van der Waals surface area contributed by atoms with Crippen molar-refractivity contribution < 1.29 is 35.9 Å². The Hall–Kier alpha value is -3.04. The Labute approximate surface area is 167 Å². The van der Waals surface area contributed by atoms with Crippen LogP contribution in [0.3, 0.4) is 0 Å². The third-order valence-corrected chi connectivity index (χ3v) is 4.71. The zero-order valence-electron chi connectivity index (χ0n) is 15.6. The van der Waals surface area contributed by atoms with Crippen molar-refractivity contribution in [3.05, 3.63) is 64.7 Å². The fourth-order valence-corrected chi connectivity index (χ4v) is 3.06. The van der Waals surface area contributed by atoms with Gasteiger partial charge in [-0.25, -0.2) is 17.6 Å². The number of hydrogen-bond acceptors (Lipinski definition) is 2. The molecule has 1 heterocycles. The smallest absolute Gasteiger partial charge is 0.331 e. The molecule has 0 spiro atoms. The van der Waals surface area contributed by atoms with Crippen LogP contribution in [0.2, 0.25) is 0 Å². The van der Waals surface area contributed by atoms with Gasteiger partial charge in [0.2, 0.25) is 0 Å². The van der Waals surface area contributed by atoms with Crippen molar-refractivity contribution in [2.45, 2.75) is 25.2 Å². The molecule has 3 rings (SSSR count). The zero-order valence-corrected chi connectivity index (χ0v) is 15.6. The lowest BCUT2D eigenvalue weighted by Gasteiger charge is -2.23. The van der Waals surface area contributed by atoms with E-state index >= 15 is 0 Å². The van der Waals surface area contributed by atoms with Crippen LogP contribution in [0.1, 0.15) is 27.9 Å². The number of aryl methyl sites for hydroxylation is 1. The summed E-state index contributed by atoms with van der Waals surface area (Å²) >= 11 is 0. The second kappa shape index (κ2) is 7.66. The van der Waals surface area contributed by atoms with Gasteiger partial charge in [-0.1, -0.05) is 0 Å². The number of alkyl halides is 4. The second-order valence-electron chi connectivity index (χ2n) is 7.02. The van der Waals surface area contributed by atoms with Crippen LogP contribution >= 0.6 is 0 Å². The summed E-state index contributed by atoms with van der Waals surface area (Å²) < 4.78 is 83.2. The molecule has 0 aliphatic carbocycles. The van der Waals surface area contributed by atoms with E-state index in [-0.39, 0.29) is 16.2 Å². The van der Waals surface area contributed by atoms with Gasteiger partial charge >= 0.3 is 5.92 Å². The Bertz CT molecular complexity index is 1010. The van der Waals surface area contributed by atoms with Crippen molar-refractivity contribution in [3.8, 4) is 0 Å². The topological polar surface area (TPSA) is 49.4 Å². The third kappa shape index (κ3) is 4.27. The van der Waals surface area contributed by atoms with Crippen molar-refractivity contribution in [2.75, 3.05) is 18.4 Å². The molecule has 0 atom stereocenters. The highest BCUT2D eigenvalue weighted by Crippen LogP contribution is 2.36. The van der Waals surface area contributed by atoms with Crippen LogP contribution in [-0.2, 0) is 10.7 Å². The maximum absolute atomic E-state index is 14.6. The van der Waals surface area contributed by atoms with Crippen molar-refractivity contribution in [2.24, 2.45) is 0 Å². The fraction of sp³-hybridized carbons (Fsp3) is 0.300. The molecule has 0 unspecified atom stereocenters. The molecule has 4 nitrogen and oxygen atoms in total. The summed E-state index contributed by atoms with van der Waals surface area (Å²) in [5.74, 6) is -12.6. The first-order valence-electron chi connectivity index (χ1n) is 8.83. The average Bonchev–Trinajstić information content (AvgIpc) is 3.03. The van der Waals surface area contributed by atoms with Gasteiger partial charge in [-0.3, -0.25) is 9.59 Å². The quantitative estimate of drug-likeness (QED) is 0.727. The molecular formula is C20H16F6N2O2. The maximum Gasteiger partial charge on any atom is 0.352 e. The summed E-state index contributed by atoms with van der Waals surface area (Å²) in [4.78, 5) is 24.7. The van der Waals surface area contributed by atoms with Crippen LogP contribution in [-0.4, -0.2) is 35.7 Å². The van der Waals surface area contributed by atoms with Crippen molar-refractivity contribution in [1.82, 2.24) is 4.90 Å². The number of carbonyl (C=O) groups is 2. The summed E-state index contributed by atoms with van der Waals surface area (Å²) in [7, 11) is 0. The minimum Gasteiger partial charge on any atom is -0.331 e. The Morgan fingerprint density at radius 1 is 1.07 bits per heavy atom. The minimum atomic E-state index is -4.45. The Morgan fingerprint density at radius 2 is 1.73 bits per heavy atom. The Balaban J connectivity index is 1.85. The van der Waals surface area contributed by atoms with Gasteiger partial charge in [-0.2, -0.15) is 8.78 Å².